The van der Waals surface area contributed by atoms with Gasteiger partial charge in [0.15, 0.2) is 11.5 Å². The minimum Gasteiger partial charge on any atom is -0.490 e. The summed E-state index contributed by atoms with van der Waals surface area (Å²) in [6.07, 6.45) is 4.74. The molecule has 0 amide bonds. The number of halogens is 1. The van der Waals surface area contributed by atoms with Crippen molar-refractivity contribution >= 4 is 34.6 Å². The first-order valence-corrected chi connectivity index (χ1v) is 13.5. The van der Waals surface area contributed by atoms with Gasteiger partial charge < -0.3 is 24.5 Å². The summed E-state index contributed by atoms with van der Waals surface area (Å²) in [5, 5.41) is 13.8. The van der Waals surface area contributed by atoms with E-state index in [9.17, 15) is 9.90 Å². The van der Waals surface area contributed by atoms with E-state index in [2.05, 4.69) is 15.3 Å². The lowest BCUT2D eigenvalue weighted by Gasteiger charge is -2.25. The number of carboxylic acid groups (broad SMARTS) is 1. The Morgan fingerprint density at radius 3 is 2.62 bits per heavy atom. The fraction of sp³-hybridized carbons (Fsp3) is 0.379. The van der Waals surface area contributed by atoms with Crippen molar-refractivity contribution in [2.24, 2.45) is 5.92 Å². The van der Waals surface area contributed by atoms with E-state index in [1.807, 2.05) is 54.0 Å². The molecule has 1 fully saturated rings. The van der Waals surface area contributed by atoms with Crippen molar-refractivity contribution in [1.29, 1.82) is 0 Å². The van der Waals surface area contributed by atoms with Gasteiger partial charge in [-0.25, -0.2) is 19.7 Å². The molecule has 2 aromatic carbocycles. The van der Waals surface area contributed by atoms with Crippen LogP contribution in [-0.2, 0) is 11.3 Å². The largest absolute Gasteiger partial charge is 0.490 e. The zero-order chi connectivity index (χ0) is 27.4. The molecule has 0 bridgehead atoms. The van der Waals surface area contributed by atoms with Crippen LogP contribution in [0, 0.1) is 12.8 Å². The second kappa shape index (κ2) is 12.0. The van der Waals surface area contributed by atoms with E-state index >= 15 is 0 Å². The van der Waals surface area contributed by atoms with E-state index in [-0.39, 0.29) is 5.82 Å². The van der Waals surface area contributed by atoms with Gasteiger partial charge in [0, 0.05) is 25.2 Å². The minimum absolute atomic E-state index is 0.294. The molecule has 0 spiro atoms. The molecular weight excluding hydrogens is 518 g/mol. The number of fused-ring (bicyclic) bond motifs is 1. The number of carbonyl (C=O) groups is 1. The maximum absolute atomic E-state index is 11.9. The lowest BCUT2D eigenvalue weighted by Crippen LogP contribution is -2.17. The van der Waals surface area contributed by atoms with Crippen LogP contribution in [-0.4, -0.2) is 57.5 Å². The van der Waals surface area contributed by atoms with Crippen LogP contribution < -0.4 is 10.1 Å². The first kappa shape index (κ1) is 26.9. The SMILES string of the molecule is COCCOc1ccc(C)cc1-c1nc2nc(C(=O)O)nc(NCCC3CCC3)c2n1Cc1ccc(Cl)cc1. The molecule has 2 aromatic heterocycles. The number of ether oxygens (including phenoxy) is 2. The van der Waals surface area contributed by atoms with Gasteiger partial charge >= 0.3 is 5.97 Å². The lowest BCUT2D eigenvalue weighted by molar-refractivity contribution is 0.0684. The molecule has 1 aliphatic rings. The van der Waals surface area contributed by atoms with Crippen LogP contribution >= 0.6 is 11.6 Å². The third-order valence-corrected chi connectivity index (χ3v) is 7.29. The van der Waals surface area contributed by atoms with Crippen LogP contribution in [0.5, 0.6) is 5.75 Å². The molecule has 0 radical (unpaired) electrons. The number of anilines is 1. The summed E-state index contributed by atoms with van der Waals surface area (Å²) in [6.45, 7) is 3.96. The van der Waals surface area contributed by atoms with E-state index in [4.69, 9.17) is 26.1 Å². The van der Waals surface area contributed by atoms with Crippen LogP contribution in [0.3, 0.4) is 0 Å². The Balaban J connectivity index is 1.66. The molecule has 2 heterocycles. The summed E-state index contributed by atoms with van der Waals surface area (Å²) in [4.78, 5) is 25.5. The number of hydrogen-bond acceptors (Lipinski definition) is 7. The van der Waals surface area contributed by atoms with Crippen LogP contribution in [0.25, 0.3) is 22.6 Å². The molecule has 10 heteroatoms. The molecule has 0 saturated heterocycles. The average Bonchev–Trinajstić information content (AvgIpc) is 3.25. The highest BCUT2D eigenvalue weighted by molar-refractivity contribution is 6.30. The number of nitrogens with one attached hydrogen (secondary N) is 1. The standard InChI is InChI=1S/C29H32ClN5O4/c1-18-6-11-23(39-15-14-38-2)22(16-18)28-34-26-24(35(28)17-20-7-9-21(30)10-8-20)25(32-27(33-26)29(36)37)31-13-12-19-4-3-5-19/h6-11,16,19H,3-5,12-15,17H2,1-2H3,(H,36,37)(H,31,32,33). The molecule has 4 aromatic rings. The summed E-state index contributed by atoms with van der Waals surface area (Å²) in [7, 11) is 1.63. The first-order chi connectivity index (χ1) is 18.9. The Hall–Kier alpha value is -3.69. The van der Waals surface area contributed by atoms with Gasteiger partial charge in [0.1, 0.15) is 23.7 Å². The number of methoxy groups -OCH3 is 1. The monoisotopic (exact) mass is 549 g/mol. The zero-order valence-electron chi connectivity index (χ0n) is 22.1. The number of aryl methyl sites for hydroxylation is 1. The van der Waals surface area contributed by atoms with Crippen LogP contribution in [0.4, 0.5) is 5.82 Å². The molecule has 9 nitrogen and oxygen atoms in total. The molecule has 1 saturated carbocycles. The third-order valence-electron chi connectivity index (χ3n) is 7.04. The Morgan fingerprint density at radius 1 is 1.13 bits per heavy atom. The predicted octanol–water partition coefficient (Wildman–Crippen LogP) is 5.83. The van der Waals surface area contributed by atoms with Crippen molar-refractivity contribution in [2.45, 2.75) is 39.2 Å². The van der Waals surface area contributed by atoms with E-state index in [0.717, 1.165) is 23.1 Å². The summed E-state index contributed by atoms with van der Waals surface area (Å²) in [6, 6.07) is 13.5. The number of aromatic nitrogens is 4. The second-order valence-corrected chi connectivity index (χ2v) is 10.3. The van der Waals surface area contributed by atoms with Crippen molar-refractivity contribution in [2.75, 3.05) is 32.2 Å². The molecule has 0 aliphatic heterocycles. The van der Waals surface area contributed by atoms with Gasteiger partial charge in [-0.1, -0.05) is 54.6 Å². The zero-order valence-corrected chi connectivity index (χ0v) is 22.9. The van der Waals surface area contributed by atoms with Gasteiger partial charge in [0.05, 0.1) is 12.2 Å². The number of rotatable bonds is 12. The van der Waals surface area contributed by atoms with Crippen molar-refractivity contribution in [3.63, 3.8) is 0 Å². The number of benzene rings is 2. The predicted molar refractivity (Wildman–Crippen MR) is 151 cm³/mol. The van der Waals surface area contributed by atoms with E-state index in [1.165, 1.54) is 19.3 Å². The Bertz CT molecular complexity index is 1470. The van der Waals surface area contributed by atoms with Gasteiger partial charge in [0.2, 0.25) is 5.82 Å². The van der Waals surface area contributed by atoms with Crippen LogP contribution in [0.2, 0.25) is 5.02 Å². The molecule has 39 heavy (non-hydrogen) atoms. The fourth-order valence-electron chi connectivity index (χ4n) is 4.74. The van der Waals surface area contributed by atoms with E-state index < -0.39 is 5.97 Å². The van der Waals surface area contributed by atoms with Crippen LogP contribution in [0.15, 0.2) is 42.5 Å². The maximum Gasteiger partial charge on any atom is 0.374 e. The van der Waals surface area contributed by atoms with Crippen molar-refractivity contribution < 1.29 is 19.4 Å². The molecular formula is C29H32ClN5O4. The quantitative estimate of drug-likeness (QED) is 0.212. The number of hydrogen-bond donors (Lipinski definition) is 2. The van der Waals surface area contributed by atoms with Crippen molar-refractivity contribution in [1.82, 2.24) is 19.5 Å². The molecule has 0 unspecified atom stereocenters. The molecule has 204 valence electrons. The molecule has 1 aliphatic carbocycles. The molecule has 2 N–H and O–H groups in total. The third kappa shape index (κ3) is 6.15. The van der Waals surface area contributed by atoms with Gasteiger partial charge in [-0.3, -0.25) is 0 Å². The number of aromatic carboxylic acids is 1. The normalized spacial score (nSPS) is 13.4. The van der Waals surface area contributed by atoms with Gasteiger partial charge in [-0.2, -0.15) is 0 Å². The minimum atomic E-state index is -1.20. The molecule has 5 rings (SSSR count). The summed E-state index contributed by atoms with van der Waals surface area (Å²) >= 11 is 6.15. The fourth-order valence-corrected chi connectivity index (χ4v) is 4.87. The van der Waals surface area contributed by atoms with Gasteiger partial charge in [0.25, 0.3) is 0 Å². The first-order valence-electron chi connectivity index (χ1n) is 13.2. The van der Waals surface area contributed by atoms with Gasteiger partial charge in [-0.05, 0) is 49.1 Å². The highest BCUT2D eigenvalue weighted by atomic mass is 35.5. The van der Waals surface area contributed by atoms with Crippen molar-refractivity contribution in [3.05, 3.63) is 64.4 Å². The highest BCUT2D eigenvalue weighted by Crippen LogP contribution is 2.35. The topological polar surface area (TPSA) is 111 Å². The summed E-state index contributed by atoms with van der Waals surface area (Å²) < 4.78 is 13.3. The van der Waals surface area contributed by atoms with Crippen molar-refractivity contribution in [3.8, 4) is 17.1 Å². The van der Waals surface area contributed by atoms with E-state index in [0.29, 0.717) is 65.8 Å². The van der Waals surface area contributed by atoms with Gasteiger partial charge in [-0.15, -0.1) is 0 Å². The summed E-state index contributed by atoms with van der Waals surface area (Å²) in [5.41, 5.74) is 3.75. The summed E-state index contributed by atoms with van der Waals surface area (Å²) in [5.74, 6) is 0.913. The smallest absolute Gasteiger partial charge is 0.374 e. The second-order valence-electron chi connectivity index (χ2n) is 9.87. The van der Waals surface area contributed by atoms with E-state index in [1.54, 1.807) is 7.11 Å². The number of nitrogens with zero attached hydrogens (tertiary/aromatic N) is 4. The Labute approximate surface area is 232 Å². The maximum atomic E-state index is 11.9. The number of carboxylic acids is 1. The highest BCUT2D eigenvalue weighted by Gasteiger charge is 2.24. The Morgan fingerprint density at radius 2 is 1.92 bits per heavy atom. The lowest BCUT2D eigenvalue weighted by atomic mass is 9.83. The average molecular weight is 550 g/mol. The van der Waals surface area contributed by atoms with Crippen LogP contribution in [0.1, 0.15) is 47.4 Å². The number of imidazole rings is 1. The Kier molecular flexibility index (Phi) is 8.28. The molecule has 0 atom stereocenters.